The Balaban J connectivity index is 0.000000810. The predicted molar refractivity (Wildman–Crippen MR) is 31.9 cm³/mol. The van der Waals surface area contributed by atoms with Gasteiger partial charge in [-0.15, -0.1) is 0 Å². The van der Waals surface area contributed by atoms with E-state index in [-0.39, 0.29) is 35.5 Å². The van der Waals surface area contributed by atoms with Gasteiger partial charge < -0.3 is 4.55 Å². The SMILES string of the molecule is CCC1CC1S(=O)(=O)[O-].[Na+]. The minimum atomic E-state index is -3.94. The zero-order chi connectivity index (χ0) is 7.07. The summed E-state index contributed by atoms with van der Waals surface area (Å²) in [5, 5.41) is -0.553. The molecule has 0 aliphatic heterocycles. The molecule has 0 saturated heterocycles. The van der Waals surface area contributed by atoms with Gasteiger partial charge in [0.05, 0.1) is 15.4 Å². The molecule has 0 amide bonds. The maximum atomic E-state index is 10.2. The van der Waals surface area contributed by atoms with Gasteiger partial charge in [0, 0.05) is 0 Å². The van der Waals surface area contributed by atoms with E-state index in [9.17, 15) is 13.0 Å². The molecule has 2 unspecified atom stereocenters. The molecule has 1 rings (SSSR count). The third-order valence-electron chi connectivity index (χ3n) is 1.75. The average Bonchev–Trinajstić information content (AvgIpc) is 2.39. The first-order chi connectivity index (χ1) is 4.05. The van der Waals surface area contributed by atoms with Crippen LogP contribution in [0.25, 0.3) is 0 Å². The van der Waals surface area contributed by atoms with E-state index in [0.29, 0.717) is 6.42 Å². The van der Waals surface area contributed by atoms with E-state index in [1.807, 2.05) is 6.92 Å². The molecule has 1 aliphatic carbocycles. The summed E-state index contributed by atoms with van der Waals surface area (Å²) in [6.07, 6.45) is 1.40. The van der Waals surface area contributed by atoms with Gasteiger partial charge in [0.1, 0.15) is 0 Å². The Labute approximate surface area is 83.2 Å². The molecule has 1 aliphatic rings. The molecule has 0 aromatic rings. The maximum absolute atomic E-state index is 10.2. The van der Waals surface area contributed by atoms with Crippen LogP contribution in [0.4, 0.5) is 0 Å². The Morgan fingerprint density at radius 1 is 1.60 bits per heavy atom. The second-order valence-corrected chi connectivity index (χ2v) is 4.03. The summed E-state index contributed by atoms with van der Waals surface area (Å²) in [4.78, 5) is 0. The smallest absolute Gasteiger partial charge is 0.748 e. The zero-order valence-electron chi connectivity index (χ0n) is 6.20. The summed E-state index contributed by atoms with van der Waals surface area (Å²) < 4.78 is 30.6. The standard InChI is InChI=1S/C5H10O3S.Na/c1-2-4-3-5(4)9(6,7)8;/h4-5H,2-3H2,1H3,(H,6,7,8);/q;+1/p-1. The molecule has 3 nitrogen and oxygen atoms in total. The Morgan fingerprint density at radius 3 is 2.20 bits per heavy atom. The van der Waals surface area contributed by atoms with Crippen molar-refractivity contribution in [2.24, 2.45) is 5.92 Å². The van der Waals surface area contributed by atoms with Gasteiger partial charge in [-0.05, 0) is 12.3 Å². The number of rotatable bonds is 2. The van der Waals surface area contributed by atoms with Crippen LogP contribution < -0.4 is 29.6 Å². The Hall–Kier alpha value is 0.910. The molecule has 0 spiro atoms. The summed E-state index contributed by atoms with van der Waals surface area (Å²) in [5.74, 6) is 0.160. The van der Waals surface area contributed by atoms with Crippen LogP contribution in [-0.4, -0.2) is 18.2 Å². The number of hydrogen-bond acceptors (Lipinski definition) is 3. The van der Waals surface area contributed by atoms with E-state index in [1.165, 1.54) is 0 Å². The minimum Gasteiger partial charge on any atom is -0.748 e. The Bertz CT molecular complexity index is 199. The molecular formula is C5H9NaO3S. The molecule has 0 N–H and O–H groups in total. The van der Waals surface area contributed by atoms with Crippen LogP contribution in [-0.2, 0) is 10.1 Å². The van der Waals surface area contributed by atoms with Gasteiger partial charge in [0.15, 0.2) is 0 Å². The van der Waals surface area contributed by atoms with E-state index < -0.39 is 15.4 Å². The third-order valence-corrected chi connectivity index (χ3v) is 3.07. The van der Waals surface area contributed by atoms with Crippen LogP contribution >= 0.6 is 0 Å². The van der Waals surface area contributed by atoms with E-state index in [1.54, 1.807) is 0 Å². The van der Waals surface area contributed by atoms with Crippen molar-refractivity contribution in [3.63, 3.8) is 0 Å². The molecule has 0 heterocycles. The van der Waals surface area contributed by atoms with Crippen LogP contribution in [0.15, 0.2) is 0 Å². The van der Waals surface area contributed by atoms with E-state index in [2.05, 4.69) is 0 Å². The first kappa shape index (κ1) is 10.9. The maximum Gasteiger partial charge on any atom is 1.00 e. The molecule has 2 atom stereocenters. The van der Waals surface area contributed by atoms with Crippen LogP contribution in [0.2, 0.25) is 0 Å². The first-order valence-electron chi connectivity index (χ1n) is 3.00. The van der Waals surface area contributed by atoms with Crippen molar-refractivity contribution in [3.8, 4) is 0 Å². The molecule has 1 fully saturated rings. The van der Waals surface area contributed by atoms with Crippen molar-refractivity contribution < 1.29 is 42.5 Å². The van der Waals surface area contributed by atoms with Crippen molar-refractivity contribution >= 4 is 10.1 Å². The normalized spacial score (nSPS) is 31.0. The minimum absolute atomic E-state index is 0. The van der Waals surface area contributed by atoms with Gasteiger partial charge >= 0.3 is 29.6 Å². The van der Waals surface area contributed by atoms with Crippen molar-refractivity contribution in [1.82, 2.24) is 0 Å². The molecule has 54 valence electrons. The Morgan fingerprint density at radius 2 is 2.10 bits per heavy atom. The summed E-state index contributed by atoms with van der Waals surface area (Å²) in [6, 6.07) is 0. The summed E-state index contributed by atoms with van der Waals surface area (Å²) in [5.41, 5.74) is 0. The van der Waals surface area contributed by atoms with Gasteiger partial charge in [0.2, 0.25) is 0 Å². The van der Waals surface area contributed by atoms with Crippen molar-refractivity contribution in [1.29, 1.82) is 0 Å². The van der Waals surface area contributed by atoms with E-state index in [4.69, 9.17) is 0 Å². The fraction of sp³-hybridized carbons (Fsp3) is 1.00. The van der Waals surface area contributed by atoms with Crippen LogP contribution in [0.5, 0.6) is 0 Å². The van der Waals surface area contributed by atoms with Crippen molar-refractivity contribution in [2.45, 2.75) is 25.0 Å². The molecule has 0 bridgehead atoms. The quantitative estimate of drug-likeness (QED) is 0.337. The zero-order valence-corrected chi connectivity index (χ0v) is 9.02. The third kappa shape index (κ3) is 2.51. The Kier molecular flexibility index (Phi) is 3.86. The molecule has 0 aromatic heterocycles. The summed E-state index contributed by atoms with van der Waals surface area (Å²) in [7, 11) is -3.94. The van der Waals surface area contributed by atoms with Gasteiger partial charge in [-0.2, -0.15) is 0 Å². The summed E-state index contributed by atoms with van der Waals surface area (Å²) in [6.45, 7) is 1.90. The van der Waals surface area contributed by atoms with Crippen molar-refractivity contribution in [2.75, 3.05) is 0 Å². The van der Waals surface area contributed by atoms with Gasteiger partial charge in [-0.3, -0.25) is 0 Å². The molecule has 0 aromatic carbocycles. The topological polar surface area (TPSA) is 57.2 Å². The van der Waals surface area contributed by atoms with Crippen LogP contribution in [0.1, 0.15) is 19.8 Å². The van der Waals surface area contributed by atoms with E-state index >= 15 is 0 Å². The molecule has 0 radical (unpaired) electrons. The fourth-order valence-corrected chi connectivity index (χ4v) is 2.15. The largest absolute Gasteiger partial charge is 1.00 e. The summed E-state index contributed by atoms with van der Waals surface area (Å²) >= 11 is 0. The van der Waals surface area contributed by atoms with Crippen LogP contribution in [0.3, 0.4) is 0 Å². The average molecular weight is 172 g/mol. The van der Waals surface area contributed by atoms with Gasteiger partial charge in [0.25, 0.3) is 0 Å². The molecular weight excluding hydrogens is 163 g/mol. The second kappa shape index (κ2) is 3.54. The van der Waals surface area contributed by atoms with Gasteiger partial charge in [-0.25, -0.2) is 8.42 Å². The monoisotopic (exact) mass is 172 g/mol. The van der Waals surface area contributed by atoms with Crippen LogP contribution in [0, 0.1) is 5.92 Å². The molecule has 5 heteroatoms. The molecule has 1 saturated carbocycles. The van der Waals surface area contributed by atoms with Crippen molar-refractivity contribution in [3.05, 3.63) is 0 Å². The first-order valence-corrected chi connectivity index (χ1v) is 4.47. The fourth-order valence-electron chi connectivity index (χ4n) is 1.00. The van der Waals surface area contributed by atoms with Gasteiger partial charge in [-0.1, -0.05) is 13.3 Å². The predicted octanol–water partition coefficient (Wildman–Crippen LogP) is -2.67. The number of hydrogen-bond donors (Lipinski definition) is 0. The second-order valence-electron chi connectivity index (χ2n) is 2.44. The molecule has 10 heavy (non-hydrogen) atoms. The van der Waals surface area contributed by atoms with E-state index in [0.717, 1.165) is 6.42 Å².